The summed E-state index contributed by atoms with van der Waals surface area (Å²) in [7, 11) is 0. The average Bonchev–Trinajstić information content (AvgIpc) is 2.92. The third kappa shape index (κ3) is 6.62. The highest BCUT2D eigenvalue weighted by atomic mass is 35.5. The fraction of sp³-hybridized carbons (Fsp3) is 0.421. The zero-order chi connectivity index (χ0) is 21.7. The Bertz CT molecular complexity index is 918. The van der Waals surface area contributed by atoms with Crippen LogP contribution in [0.2, 0.25) is 10.0 Å². The van der Waals surface area contributed by atoms with Crippen LogP contribution in [0.5, 0.6) is 0 Å². The summed E-state index contributed by atoms with van der Waals surface area (Å²) in [5.74, 6) is -2.31. The van der Waals surface area contributed by atoms with Crippen LogP contribution in [0.3, 0.4) is 0 Å². The van der Waals surface area contributed by atoms with Gasteiger partial charge in [-0.25, -0.2) is 4.79 Å². The number of carboxylic acids is 2. The van der Waals surface area contributed by atoms with Gasteiger partial charge in [0.25, 0.3) is 0 Å². The van der Waals surface area contributed by atoms with Crippen LogP contribution in [0.1, 0.15) is 25.8 Å². The van der Waals surface area contributed by atoms with E-state index in [1.54, 1.807) is 18.2 Å². The van der Waals surface area contributed by atoms with Crippen LogP contribution >= 0.6 is 23.2 Å². The summed E-state index contributed by atoms with van der Waals surface area (Å²) in [6, 6.07) is 2.69. The Kier molecular flexibility index (Phi) is 7.89. The van der Waals surface area contributed by atoms with Crippen LogP contribution in [-0.2, 0) is 22.7 Å². The number of aromatic nitrogens is 2. The second-order valence-electron chi connectivity index (χ2n) is 7.22. The van der Waals surface area contributed by atoms with E-state index in [1.807, 2.05) is 13.8 Å². The molecule has 0 spiro atoms. The van der Waals surface area contributed by atoms with Crippen LogP contribution in [0.25, 0.3) is 0 Å². The van der Waals surface area contributed by atoms with Gasteiger partial charge in [0, 0.05) is 22.4 Å². The quantitative estimate of drug-likeness (QED) is 0.519. The summed E-state index contributed by atoms with van der Waals surface area (Å²) in [5.41, 5.74) is 0.294. The van der Waals surface area contributed by atoms with E-state index in [9.17, 15) is 24.6 Å². The highest BCUT2D eigenvalue weighted by Crippen LogP contribution is 2.19. The Balaban J connectivity index is 2.17. The largest absolute Gasteiger partial charge is 0.480 e. The maximum Gasteiger partial charge on any atom is 0.328 e. The van der Waals surface area contributed by atoms with E-state index in [0.717, 1.165) is 5.56 Å². The summed E-state index contributed by atoms with van der Waals surface area (Å²) in [6.45, 7) is 3.70. The molecule has 1 aromatic carbocycles. The topological polar surface area (TPSA) is 114 Å². The second-order valence-corrected chi connectivity index (χ2v) is 8.09. The predicted octanol–water partition coefficient (Wildman–Crippen LogP) is 2.55. The molecule has 1 aromatic heterocycles. The second kappa shape index (κ2) is 9.96. The first-order valence-corrected chi connectivity index (χ1v) is 9.74. The number of carboxylic acid groups (broad SMARTS) is 2. The smallest absolute Gasteiger partial charge is 0.328 e. The molecule has 1 heterocycles. The van der Waals surface area contributed by atoms with Gasteiger partial charge in [-0.05, 0) is 36.1 Å². The van der Waals surface area contributed by atoms with E-state index in [2.05, 4.69) is 5.32 Å². The Labute approximate surface area is 177 Å². The van der Waals surface area contributed by atoms with Crippen molar-refractivity contribution in [1.29, 1.82) is 0 Å². The lowest BCUT2D eigenvalue weighted by Gasteiger charge is -2.21. The molecule has 10 heteroatoms. The molecule has 158 valence electrons. The van der Waals surface area contributed by atoms with Crippen LogP contribution in [0, 0.1) is 5.92 Å². The molecule has 0 fully saturated rings. The maximum absolute atomic E-state index is 12.6. The first-order valence-electron chi connectivity index (χ1n) is 8.99. The van der Waals surface area contributed by atoms with Crippen molar-refractivity contribution in [3.63, 3.8) is 0 Å². The zero-order valence-corrected chi connectivity index (χ0v) is 17.5. The lowest BCUT2D eigenvalue weighted by molar-refractivity contribution is -0.143. The predicted molar refractivity (Wildman–Crippen MR) is 110 cm³/mol. The van der Waals surface area contributed by atoms with Crippen molar-refractivity contribution in [2.75, 3.05) is 0 Å². The molecule has 0 saturated carbocycles. The number of hydrogen-bond acceptors (Lipinski definition) is 4. The number of imidazole rings is 1. The van der Waals surface area contributed by atoms with Gasteiger partial charge in [0.1, 0.15) is 12.1 Å². The molecular weight excluding hydrogens is 421 g/mol. The Morgan fingerprint density at radius 2 is 1.55 bits per heavy atom. The molecule has 8 nitrogen and oxygen atoms in total. The highest BCUT2D eigenvalue weighted by Gasteiger charge is 2.27. The maximum atomic E-state index is 12.6. The Hall–Kier alpha value is -2.29. The molecule has 2 rings (SSSR count). The summed E-state index contributed by atoms with van der Waals surface area (Å²) in [6.07, 6.45) is 3.26. The molecule has 0 saturated heterocycles. The Morgan fingerprint density at radius 1 is 1.00 bits per heavy atom. The van der Waals surface area contributed by atoms with Gasteiger partial charge in [-0.15, -0.1) is 0 Å². The number of nitrogens with zero attached hydrogens (tertiary/aromatic N) is 2. The molecule has 3 N–H and O–H groups in total. The van der Waals surface area contributed by atoms with Gasteiger partial charge < -0.3 is 10.2 Å². The van der Waals surface area contributed by atoms with Crippen molar-refractivity contribution >= 4 is 35.1 Å². The molecule has 0 unspecified atom stereocenters. The van der Waals surface area contributed by atoms with Crippen LogP contribution < -0.4 is 11.0 Å². The van der Waals surface area contributed by atoms with Crippen molar-refractivity contribution in [3.8, 4) is 0 Å². The molecule has 0 bridgehead atoms. The SMILES string of the molecule is CC(C)C[C@H](N[C@@H](Cn1ccn(Cc2cc(Cl)cc(Cl)c2)c1=O)C(=O)O)C(=O)O. The minimum atomic E-state index is -1.23. The summed E-state index contributed by atoms with van der Waals surface area (Å²) < 4.78 is 2.62. The van der Waals surface area contributed by atoms with E-state index in [4.69, 9.17) is 23.2 Å². The number of aliphatic carboxylic acids is 2. The molecule has 0 aliphatic rings. The van der Waals surface area contributed by atoms with Gasteiger partial charge in [-0.1, -0.05) is 37.0 Å². The van der Waals surface area contributed by atoms with Gasteiger partial charge in [0.2, 0.25) is 0 Å². The molecule has 2 aromatic rings. The number of halogens is 2. The summed E-state index contributed by atoms with van der Waals surface area (Å²) >= 11 is 12.0. The number of carbonyl (C=O) groups is 2. The van der Waals surface area contributed by atoms with E-state index in [0.29, 0.717) is 10.0 Å². The normalized spacial score (nSPS) is 13.4. The van der Waals surface area contributed by atoms with E-state index in [-0.39, 0.29) is 25.4 Å². The molecule has 0 aliphatic heterocycles. The van der Waals surface area contributed by atoms with Crippen molar-refractivity contribution in [2.45, 2.75) is 45.4 Å². The lowest BCUT2D eigenvalue weighted by atomic mass is 10.0. The van der Waals surface area contributed by atoms with Gasteiger partial charge >= 0.3 is 17.6 Å². The third-order valence-electron chi connectivity index (χ3n) is 4.28. The van der Waals surface area contributed by atoms with E-state index < -0.39 is 29.7 Å². The van der Waals surface area contributed by atoms with Gasteiger partial charge in [-0.3, -0.25) is 24.0 Å². The molecule has 2 atom stereocenters. The number of hydrogen-bond donors (Lipinski definition) is 3. The van der Waals surface area contributed by atoms with Gasteiger partial charge in [0.15, 0.2) is 0 Å². The number of rotatable bonds is 10. The Morgan fingerprint density at radius 3 is 2.07 bits per heavy atom. The van der Waals surface area contributed by atoms with E-state index >= 15 is 0 Å². The average molecular weight is 444 g/mol. The molecule has 0 amide bonds. The molecule has 0 radical (unpaired) electrons. The van der Waals surface area contributed by atoms with Crippen LogP contribution in [-0.4, -0.2) is 43.4 Å². The molecule has 29 heavy (non-hydrogen) atoms. The molecular formula is C19H23Cl2N3O5. The number of benzene rings is 1. The van der Waals surface area contributed by atoms with Crippen molar-refractivity contribution in [2.24, 2.45) is 5.92 Å². The van der Waals surface area contributed by atoms with Crippen molar-refractivity contribution < 1.29 is 19.8 Å². The van der Waals surface area contributed by atoms with Crippen LogP contribution in [0.15, 0.2) is 35.4 Å². The van der Waals surface area contributed by atoms with Crippen molar-refractivity contribution in [3.05, 3.63) is 56.7 Å². The van der Waals surface area contributed by atoms with Gasteiger partial charge in [-0.2, -0.15) is 0 Å². The standard InChI is InChI=1S/C19H23Cl2N3O5/c1-11(2)5-15(17(25)26)22-16(18(27)28)10-24-4-3-23(19(24)29)9-12-6-13(20)8-14(21)7-12/h3-4,6-8,11,15-16,22H,5,9-10H2,1-2H3,(H,25,26)(H,27,28)/t15-,16-/m0/s1. The van der Waals surface area contributed by atoms with Crippen LogP contribution in [0.4, 0.5) is 0 Å². The summed E-state index contributed by atoms with van der Waals surface area (Å²) in [5, 5.41) is 22.3. The minimum Gasteiger partial charge on any atom is -0.480 e. The monoisotopic (exact) mass is 443 g/mol. The third-order valence-corrected chi connectivity index (χ3v) is 4.71. The highest BCUT2D eigenvalue weighted by molar-refractivity contribution is 6.34. The van der Waals surface area contributed by atoms with Gasteiger partial charge in [0.05, 0.1) is 13.1 Å². The first kappa shape index (κ1) is 23.0. The molecule has 0 aliphatic carbocycles. The first-order chi connectivity index (χ1) is 13.6. The van der Waals surface area contributed by atoms with E-state index in [1.165, 1.54) is 21.5 Å². The van der Waals surface area contributed by atoms with Crippen molar-refractivity contribution in [1.82, 2.24) is 14.5 Å². The fourth-order valence-corrected chi connectivity index (χ4v) is 3.54. The lowest BCUT2D eigenvalue weighted by Crippen LogP contribution is -2.50. The fourth-order valence-electron chi connectivity index (χ4n) is 2.96. The zero-order valence-electron chi connectivity index (χ0n) is 16.0. The minimum absolute atomic E-state index is 0.0615. The summed E-state index contributed by atoms with van der Waals surface area (Å²) in [4.78, 5) is 35.7. The number of nitrogens with one attached hydrogen (secondary N) is 1.